The second-order valence-corrected chi connectivity index (χ2v) is 4.02. The molecule has 0 amide bonds. The zero-order valence-corrected chi connectivity index (χ0v) is 9.87. The molecule has 0 unspecified atom stereocenters. The molecule has 1 aliphatic rings. The lowest BCUT2D eigenvalue weighted by molar-refractivity contribution is 0.511. The number of anilines is 2. The summed E-state index contributed by atoms with van der Waals surface area (Å²) in [5.41, 5.74) is 1.10. The molecule has 1 aromatic carbocycles. The smallest absolute Gasteiger partial charge is 0.241 e. The SMILES string of the molecule is Fc1ccc(N2CN(c3ccccc3)C=N2)c(F)n1. The van der Waals surface area contributed by atoms with Gasteiger partial charge in [0.05, 0.1) is 0 Å². The molecule has 0 saturated heterocycles. The summed E-state index contributed by atoms with van der Waals surface area (Å²) in [6, 6.07) is 12.0. The van der Waals surface area contributed by atoms with Gasteiger partial charge in [0.15, 0.2) is 0 Å². The predicted octanol–water partition coefficient (Wildman–Crippen LogP) is 2.59. The largest absolute Gasteiger partial charge is 0.311 e. The maximum absolute atomic E-state index is 13.5. The second kappa shape index (κ2) is 4.64. The van der Waals surface area contributed by atoms with Crippen LogP contribution in [-0.2, 0) is 0 Å². The van der Waals surface area contributed by atoms with Gasteiger partial charge in [-0.2, -0.15) is 18.9 Å². The van der Waals surface area contributed by atoms with E-state index in [-0.39, 0.29) is 5.69 Å². The molecule has 2 heterocycles. The molecule has 6 heteroatoms. The second-order valence-electron chi connectivity index (χ2n) is 4.02. The van der Waals surface area contributed by atoms with Crippen LogP contribution >= 0.6 is 0 Å². The predicted molar refractivity (Wildman–Crippen MR) is 68.9 cm³/mol. The van der Waals surface area contributed by atoms with E-state index in [2.05, 4.69) is 10.1 Å². The Morgan fingerprint density at radius 3 is 2.53 bits per heavy atom. The van der Waals surface area contributed by atoms with Crippen LogP contribution in [0, 0.1) is 11.9 Å². The third-order valence-electron chi connectivity index (χ3n) is 2.78. The van der Waals surface area contributed by atoms with Crippen molar-refractivity contribution in [2.45, 2.75) is 0 Å². The highest BCUT2D eigenvalue weighted by atomic mass is 19.1. The van der Waals surface area contributed by atoms with Gasteiger partial charge in [0, 0.05) is 5.69 Å². The van der Waals surface area contributed by atoms with Gasteiger partial charge in [-0.1, -0.05) is 18.2 Å². The van der Waals surface area contributed by atoms with Crippen molar-refractivity contribution in [2.24, 2.45) is 5.10 Å². The van der Waals surface area contributed by atoms with Crippen LogP contribution in [0.4, 0.5) is 20.2 Å². The van der Waals surface area contributed by atoms with Crippen molar-refractivity contribution in [3.8, 4) is 0 Å². The molecular weight excluding hydrogens is 250 g/mol. The number of aromatic nitrogens is 1. The van der Waals surface area contributed by atoms with E-state index in [1.165, 1.54) is 11.1 Å². The summed E-state index contributed by atoms with van der Waals surface area (Å²) >= 11 is 0. The minimum atomic E-state index is -0.868. The molecule has 0 saturated carbocycles. The van der Waals surface area contributed by atoms with Crippen molar-refractivity contribution in [2.75, 3.05) is 16.6 Å². The quantitative estimate of drug-likeness (QED) is 0.778. The first-order valence-electron chi connectivity index (χ1n) is 5.69. The third-order valence-corrected chi connectivity index (χ3v) is 2.78. The minimum Gasteiger partial charge on any atom is -0.311 e. The fraction of sp³-hybridized carbons (Fsp3) is 0.0769. The van der Waals surface area contributed by atoms with Gasteiger partial charge < -0.3 is 4.90 Å². The Hall–Kier alpha value is -2.50. The number of nitrogens with zero attached hydrogens (tertiary/aromatic N) is 4. The molecule has 4 nitrogen and oxygen atoms in total. The number of halogens is 2. The summed E-state index contributed by atoms with van der Waals surface area (Å²) < 4.78 is 26.3. The van der Waals surface area contributed by atoms with E-state index in [0.29, 0.717) is 6.67 Å². The van der Waals surface area contributed by atoms with E-state index in [1.54, 1.807) is 6.34 Å². The Kier molecular flexibility index (Phi) is 2.83. The molecule has 0 spiro atoms. The molecule has 0 radical (unpaired) electrons. The van der Waals surface area contributed by atoms with Crippen molar-refractivity contribution in [1.82, 2.24) is 4.98 Å². The number of para-hydroxylation sites is 1. The zero-order valence-electron chi connectivity index (χ0n) is 9.87. The number of hydrazone groups is 1. The van der Waals surface area contributed by atoms with Crippen molar-refractivity contribution in [1.29, 1.82) is 0 Å². The van der Waals surface area contributed by atoms with Crippen LogP contribution in [0.15, 0.2) is 47.6 Å². The average molecular weight is 260 g/mol. The number of hydrogen-bond donors (Lipinski definition) is 0. The summed E-state index contributed by atoms with van der Waals surface area (Å²) in [5, 5.41) is 5.51. The van der Waals surface area contributed by atoms with Gasteiger partial charge in [0.2, 0.25) is 11.9 Å². The molecule has 3 rings (SSSR count). The molecular formula is C13H10F2N4. The first-order valence-corrected chi connectivity index (χ1v) is 5.69. The first-order chi connectivity index (χ1) is 9.24. The fourth-order valence-electron chi connectivity index (χ4n) is 1.85. The Morgan fingerprint density at radius 1 is 1.00 bits per heavy atom. The van der Waals surface area contributed by atoms with E-state index in [1.807, 2.05) is 35.2 Å². The number of hydrogen-bond acceptors (Lipinski definition) is 4. The van der Waals surface area contributed by atoms with Crippen molar-refractivity contribution >= 4 is 17.7 Å². The zero-order chi connectivity index (χ0) is 13.2. The molecule has 0 atom stereocenters. The third kappa shape index (κ3) is 2.24. The maximum atomic E-state index is 13.5. The van der Waals surface area contributed by atoms with Gasteiger partial charge in [-0.3, -0.25) is 0 Å². The highest BCUT2D eigenvalue weighted by Gasteiger charge is 2.20. The lowest BCUT2D eigenvalue weighted by Crippen LogP contribution is -2.26. The molecule has 0 bridgehead atoms. The summed E-state index contributed by atoms with van der Waals surface area (Å²) in [6.45, 7) is 0.355. The molecule has 0 N–H and O–H groups in total. The summed E-state index contributed by atoms with van der Waals surface area (Å²) in [4.78, 5) is 5.00. The average Bonchev–Trinajstić information content (AvgIpc) is 2.89. The van der Waals surface area contributed by atoms with Crippen LogP contribution in [0.5, 0.6) is 0 Å². The van der Waals surface area contributed by atoms with Gasteiger partial charge in [-0.25, -0.2) is 5.01 Å². The highest BCUT2D eigenvalue weighted by molar-refractivity contribution is 5.83. The summed E-state index contributed by atoms with van der Waals surface area (Å²) in [7, 11) is 0. The van der Waals surface area contributed by atoms with Crippen LogP contribution in [0.25, 0.3) is 0 Å². The van der Waals surface area contributed by atoms with Gasteiger partial charge >= 0.3 is 0 Å². The molecule has 2 aromatic rings. The Balaban J connectivity index is 1.82. The normalized spacial score (nSPS) is 14.2. The maximum Gasteiger partial charge on any atom is 0.241 e. The summed E-state index contributed by atoms with van der Waals surface area (Å²) in [6.07, 6.45) is 1.60. The minimum absolute atomic E-state index is 0.149. The molecule has 0 fully saturated rings. The monoisotopic (exact) mass is 260 g/mol. The number of pyridine rings is 1. The van der Waals surface area contributed by atoms with E-state index >= 15 is 0 Å². The Bertz CT molecular complexity index is 615. The first kappa shape index (κ1) is 11.6. The lowest BCUT2D eigenvalue weighted by atomic mass is 10.3. The van der Waals surface area contributed by atoms with Crippen LogP contribution in [0.2, 0.25) is 0 Å². The number of rotatable bonds is 2. The van der Waals surface area contributed by atoms with Gasteiger partial charge in [-0.05, 0) is 24.3 Å². The number of benzene rings is 1. The molecule has 0 aliphatic carbocycles. The van der Waals surface area contributed by atoms with Crippen LogP contribution in [0.3, 0.4) is 0 Å². The molecule has 1 aliphatic heterocycles. The van der Waals surface area contributed by atoms with E-state index < -0.39 is 11.9 Å². The standard InChI is InChI=1S/C13H10F2N4/c14-12-7-6-11(13(15)17-12)19-9-18(8-16-19)10-4-2-1-3-5-10/h1-8H,9H2. The topological polar surface area (TPSA) is 31.7 Å². The molecule has 1 aromatic heterocycles. The molecule has 19 heavy (non-hydrogen) atoms. The van der Waals surface area contributed by atoms with Crippen LogP contribution in [0.1, 0.15) is 0 Å². The van der Waals surface area contributed by atoms with Gasteiger partial charge in [-0.15, -0.1) is 0 Å². The Morgan fingerprint density at radius 2 is 1.79 bits per heavy atom. The fourth-order valence-corrected chi connectivity index (χ4v) is 1.85. The van der Waals surface area contributed by atoms with E-state index in [9.17, 15) is 8.78 Å². The Labute approximate surface area is 108 Å². The highest BCUT2D eigenvalue weighted by Crippen LogP contribution is 2.23. The van der Waals surface area contributed by atoms with E-state index in [0.717, 1.165) is 11.8 Å². The van der Waals surface area contributed by atoms with Gasteiger partial charge in [0.25, 0.3) is 0 Å². The van der Waals surface area contributed by atoms with Crippen LogP contribution < -0.4 is 9.91 Å². The van der Waals surface area contributed by atoms with Crippen molar-refractivity contribution in [3.63, 3.8) is 0 Å². The molecule has 96 valence electrons. The summed E-state index contributed by atoms with van der Waals surface area (Å²) in [5.74, 6) is -1.71. The van der Waals surface area contributed by atoms with Crippen molar-refractivity contribution in [3.05, 3.63) is 54.4 Å². The van der Waals surface area contributed by atoms with E-state index in [4.69, 9.17) is 0 Å². The van der Waals surface area contributed by atoms with Gasteiger partial charge in [0.1, 0.15) is 18.7 Å². The lowest BCUT2D eigenvalue weighted by Gasteiger charge is -2.18. The van der Waals surface area contributed by atoms with Crippen LogP contribution in [-0.4, -0.2) is 18.0 Å². The van der Waals surface area contributed by atoms with Crippen molar-refractivity contribution < 1.29 is 8.78 Å².